The number of aromatic nitrogens is 2. The van der Waals surface area contributed by atoms with E-state index in [1.807, 2.05) is 18.2 Å². The number of amides is 1. The summed E-state index contributed by atoms with van der Waals surface area (Å²) in [5.74, 6) is 0.320. The summed E-state index contributed by atoms with van der Waals surface area (Å²) in [5, 5.41) is 12.9. The molecule has 0 saturated heterocycles. The second kappa shape index (κ2) is 5.73. The Labute approximate surface area is 125 Å². The van der Waals surface area contributed by atoms with Crippen LogP contribution in [0.3, 0.4) is 0 Å². The summed E-state index contributed by atoms with van der Waals surface area (Å²) in [6.07, 6.45) is 5.48. The van der Waals surface area contributed by atoms with Crippen molar-refractivity contribution < 1.29 is 4.79 Å². The molecule has 1 aliphatic carbocycles. The van der Waals surface area contributed by atoms with Crippen molar-refractivity contribution >= 4 is 40.1 Å². The summed E-state index contributed by atoms with van der Waals surface area (Å²) in [6.45, 7) is 0. The third-order valence-corrected chi connectivity index (χ3v) is 4.26. The number of hydrogen-bond acceptors (Lipinski definition) is 4. The first-order valence-electron chi connectivity index (χ1n) is 6.29. The van der Waals surface area contributed by atoms with Gasteiger partial charge in [0.05, 0.1) is 0 Å². The number of anilines is 1. The van der Waals surface area contributed by atoms with Crippen molar-refractivity contribution in [2.24, 2.45) is 0 Å². The van der Waals surface area contributed by atoms with Crippen molar-refractivity contribution in [3.63, 3.8) is 0 Å². The molecular formula is C14H12ClN3OS. The fourth-order valence-electron chi connectivity index (χ4n) is 1.70. The summed E-state index contributed by atoms with van der Waals surface area (Å²) >= 11 is 7.45. The van der Waals surface area contributed by atoms with E-state index in [9.17, 15) is 4.79 Å². The Morgan fingerprint density at radius 3 is 2.90 bits per heavy atom. The van der Waals surface area contributed by atoms with Crippen molar-refractivity contribution in [2.75, 3.05) is 5.32 Å². The molecule has 102 valence electrons. The smallest absolute Gasteiger partial charge is 0.250 e. The van der Waals surface area contributed by atoms with Crippen LogP contribution >= 0.6 is 22.9 Å². The maximum Gasteiger partial charge on any atom is 0.250 e. The third kappa shape index (κ3) is 3.23. The molecule has 6 heteroatoms. The Balaban J connectivity index is 1.62. The van der Waals surface area contributed by atoms with Gasteiger partial charge in [0.2, 0.25) is 11.0 Å². The topological polar surface area (TPSA) is 54.9 Å². The number of benzene rings is 1. The van der Waals surface area contributed by atoms with Gasteiger partial charge in [0, 0.05) is 17.0 Å². The van der Waals surface area contributed by atoms with Crippen LogP contribution in [0.1, 0.15) is 29.3 Å². The van der Waals surface area contributed by atoms with Crippen LogP contribution in [0, 0.1) is 0 Å². The molecule has 0 bridgehead atoms. The van der Waals surface area contributed by atoms with Crippen LogP contribution in [0.15, 0.2) is 30.3 Å². The van der Waals surface area contributed by atoms with E-state index >= 15 is 0 Å². The molecule has 4 nitrogen and oxygen atoms in total. The zero-order valence-electron chi connectivity index (χ0n) is 10.5. The molecule has 0 radical (unpaired) electrons. The van der Waals surface area contributed by atoms with E-state index in [4.69, 9.17) is 11.6 Å². The van der Waals surface area contributed by atoms with Gasteiger partial charge in [-0.2, -0.15) is 0 Å². The second-order valence-corrected chi connectivity index (χ2v) is 5.98. The van der Waals surface area contributed by atoms with Crippen molar-refractivity contribution in [3.05, 3.63) is 45.9 Å². The molecule has 1 aliphatic rings. The Hall–Kier alpha value is -1.72. The largest absolute Gasteiger partial charge is 0.297 e. The van der Waals surface area contributed by atoms with Gasteiger partial charge in [0.15, 0.2) is 0 Å². The zero-order valence-corrected chi connectivity index (χ0v) is 12.1. The number of halogens is 1. The predicted octanol–water partition coefficient (Wildman–Crippen LogP) is 3.72. The Kier molecular flexibility index (Phi) is 3.80. The summed E-state index contributed by atoms with van der Waals surface area (Å²) in [6, 6.07) is 7.35. The maximum atomic E-state index is 11.8. The SMILES string of the molecule is O=C(C=Cc1ccccc1Cl)Nc1nnc(C2CC2)s1. The van der Waals surface area contributed by atoms with Gasteiger partial charge in [-0.3, -0.25) is 10.1 Å². The van der Waals surface area contributed by atoms with Crippen LogP contribution in [0.4, 0.5) is 5.13 Å². The van der Waals surface area contributed by atoms with E-state index in [1.54, 1.807) is 12.1 Å². The first-order valence-corrected chi connectivity index (χ1v) is 7.49. The van der Waals surface area contributed by atoms with Gasteiger partial charge >= 0.3 is 0 Å². The van der Waals surface area contributed by atoms with Crippen LogP contribution in [0.5, 0.6) is 0 Å². The lowest BCUT2D eigenvalue weighted by Gasteiger charge is -1.97. The molecule has 3 rings (SSSR count). The van der Waals surface area contributed by atoms with Gasteiger partial charge in [-0.25, -0.2) is 0 Å². The summed E-state index contributed by atoms with van der Waals surface area (Å²) in [5.41, 5.74) is 0.806. The van der Waals surface area contributed by atoms with Crippen LogP contribution in [-0.2, 0) is 4.79 Å². The molecule has 0 aliphatic heterocycles. The van der Waals surface area contributed by atoms with Gasteiger partial charge in [-0.1, -0.05) is 41.1 Å². The maximum absolute atomic E-state index is 11.8. The minimum Gasteiger partial charge on any atom is -0.297 e. The number of rotatable bonds is 4. The molecule has 20 heavy (non-hydrogen) atoms. The number of nitrogens with zero attached hydrogens (tertiary/aromatic N) is 2. The first kappa shape index (κ1) is 13.3. The van der Waals surface area contributed by atoms with E-state index in [-0.39, 0.29) is 5.91 Å². The van der Waals surface area contributed by atoms with Gasteiger partial charge in [0.1, 0.15) is 5.01 Å². The molecule has 0 unspecified atom stereocenters. The molecule has 1 N–H and O–H groups in total. The standard InChI is InChI=1S/C14H12ClN3OS/c15-11-4-2-1-3-9(11)7-8-12(19)16-14-18-17-13(20-14)10-5-6-10/h1-4,7-8,10H,5-6H2,(H,16,18,19). The summed E-state index contributed by atoms with van der Waals surface area (Å²) < 4.78 is 0. The van der Waals surface area contributed by atoms with Crippen LogP contribution in [0.2, 0.25) is 5.02 Å². The highest BCUT2D eigenvalue weighted by Gasteiger charge is 2.27. The second-order valence-electron chi connectivity index (χ2n) is 4.56. The lowest BCUT2D eigenvalue weighted by Crippen LogP contribution is -2.07. The quantitative estimate of drug-likeness (QED) is 0.876. The molecule has 0 spiro atoms. The Morgan fingerprint density at radius 1 is 1.35 bits per heavy atom. The van der Waals surface area contributed by atoms with Gasteiger partial charge in [-0.15, -0.1) is 10.2 Å². The van der Waals surface area contributed by atoms with E-state index in [0.717, 1.165) is 10.6 Å². The molecule has 1 amide bonds. The number of hydrogen-bond donors (Lipinski definition) is 1. The van der Waals surface area contributed by atoms with Crippen molar-refractivity contribution in [3.8, 4) is 0 Å². The summed E-state index contributed by atoms with van der Waals surface area (Å²) in [7, 11) is 0. The lowest BCUT2D eigenvalue weighted by atomic mass is 10.2. The molecular weight excluding hydrogens is 294 g/mol. The van der Waals surface area contributed by atoms with Gasteiger partial charge < -0.3 is 0 Å². The number of carbonyl (C=O) groups is 1. The van der Waals surface area contributed by atoms with E-state index in [1.165, 1.54) is 30.3 Å². The molecule has 1 aromatic heterocycles. The van der Waals surface area contributed by atoms with Crippen LogP contribution in [-0.4, -0.2) is 16.1 Å². The number of nitrogens with one attached hydrogen (secondary N) is 1. The highest BCUT2D eigenvalue weighted by atomic mass is 35.5. The van der Waals surface area contributed by atoms with Crippen molar-refractivity contribution in [1.82, 2.24) is 10.2 Å². The van der Waals surface area contributed by atoms with E-state index in [0.29, 0.717) is 16.1 Å². The van der Waals surface area contributed by atoms with Crippen LogP contribution in [0.25, 0.3) is 6.08 Å². The molecule has 1 heterocycles. The predicted molar refractivity (Wildman–Crippen MR) is 81.0 cm³/mol. The Bertz CT molecular complexity index is 664. The first-order chi connectivity index (χ1) is 9.72. The normalized spacial score (nSPS) is 14.7. The lowest BCUT2D eigenvalue weighted by molar-refractivity contribution is -0.111. The third-order valence-electron chi connectivity index (χ3n) is 2.92. The molecule has 1 aromatic carbocycles. The minimum atomic E-state index is -0.233. The molecule has 1 fully saturated rings. The molecule has 0 atom stereocenters. The number of carbonyl (C=O) groups excluding carboxylic acids is 1. The summed E-state index contributed by atoms with van der Waals surface area (Å²) in [4.78, 5) is 11.8. The minimum absolute atomic E-state index is 0.233. The highest BCUT2D eigenvalue weighted by Crippen LogP contribution is 2.42. The highest BCUT2D eigenvalue weighted by molar-refractivity contribution is 7.15. The Morgan fingerprint density at radius 2 is 2.15 bits per heavy atom. The van der Waals surface area contributed by atoms with Crippen molar-refractivity contribution in [1.29, 1.82) is 0 Å². The van der Waals surface area contributed by atoms with Crippen molar-refractivity contribution in [2.45, 2.75) is 18.8 Å². The average Bonchev–Trinajstić information content (AvgIpc) is 3.19. The average molecular weight is 306 g/mol. The van der Waals surface area contributed by atoms with Crippen LogP contribution < -0.4 is 5.32 Å². The fourth-order valence-corrected chi connectivity index (χ4v) is 2.82. The van der Waals surface area contributed by atoms with Gasteiger partial charge in [-0.05, 0) is 30.5 Å². The molecule has 1 saturated carbocycles. The fraction of sp³-hybridized carbons (Fsp3) is 0.214. The van der Waals surface area contributed by atoms with Gasteiger partial charge in [0.25, 0.3) is 0 Å². The monoisotopic (exact) mass is 305 g/mol. The van der Waals surface area contributed by atoms with E-state index < -0.39 is 0 Å². The zero-order chi connectivity index (χ0) is 13.9. The molecule has 2 aromatic rings. The van der Waals surface area contributed by atoms with E-state index in [2.05, 4.69) is 15.5 Å².